The summed E-state index contributed by atoms with van der Waals surface area (Å²) >= 11 is 10.7. The van der Waals surface area contributed by atoms with Gasteiger partial charge in [-0.25, -0.2) is 14.8 Å². The fraction of sp³-hybridized carbons (Fsp3) is 0.417. The summed E-state index contributed by atoms with van der Waals surface area (Å²) in [6.07, 6.45) is 3.55. The summed E-state index contributed by atoms with van der Waals surface area (Å²) in [5.41, 5.74) is 0.444. The van der Waals surface area contributed by atoms with E-state index in [2.05, 4.69) is 85.7 Å². The first kappa shape index (κ1) is 35.8. The van der Waals surface area contributed by atoms with Crippen molar-refractivity contribution in [3.05, 3.63) is 55.0 Å². The summed E-state index contributed by atoms with van der Waals surface area (Å²) in [6, 6.07) is 6.99. The van der Waals surface area contributed by atoms with E-state index in [4.69, 9.17) is 4.74 Å². The average molecular weight is 870 g/mol. The first-order valence-electron chi connectivity index (χ1n) is 10.7. The number of carbonyl (C=O) groups is 3. The van der Waals surface area contributed by atoms with Crippen LogP contribution in [0.1, 0.15) is 33.3 Å². The zero-order valence-corrected chi connectivity index (χ0v) is 28.6. The van der Waals surface area contributed by atoms with E-state index in [1.54, 1.807) is 33.2 Å². The minimum Gasteiger partial charge on any atom is -0.469 e. The van der Waals surface area contributed by atoms with Crippen LogP contribution in [0.5, 0.6) is 0 Å². The van der Waals surface area contributed by atoms with Crippen molar-refractivity contribution < 1.29 is 28.3 Å². The minimum atomic E-state index is -0.724. The van der Waals surface area contributed by atoms with Gasteiger partial charge < -0.3 is 14.8 Å². The van der Waals surface area contributed by atoms with E-state index in [1.165, 1.54) is 7.11 Å². The SMILES string of the molecule is Brc1ccc(I)nc1.C=[O+]C(=O)[C@H](CI)NC(=O)OC(C)(C)C.COC(=O)[C@@H](C)Cc1ccc(Br)nc1. The van der Waals surface area contributed by atoms with E-state index >= 15 is 0 Å². The fourth-order valence-corrected chi connectivity index (χ4v) is 3.60. The van der Waals surface area contributed by atoms with Crippen LogP contribution in [0.15, 0.2) is 45.7 Å². The molecule has 0 aliphatic rings. The number of aromatic nitrogens is 2. The largest absolute Gasteiger partial charge is 0.602 e. The summed E-state index contributed by atoms with van der Waals surface area (Å²) in [6.45, 7) is 10.1. The molecule has 0 aliphatic carbocycles. The second-order valence-corrected chi connectivity index (χ2v) is 11.9. The number of rotatable bonds is 6. The molecule has 9 nitrogen and oxygen atoms in total. The number of alkyl halides is 1. The molecule has 2 heterocycles. The van der Waals surface area contributed by atoms with Gasteiger partial charge in [-0.05, 0) is 105 Å². The van der Waals surface area contributed by atoms with Gasteiger partial charge in [0.25, 0.3) is 0 Å². The number of amides is 1. The number of pyridine rings is 2. The molecule has 1 N–H and O–H groups in total. The molecule has 0 bridgehead atoms. The first-order valence-corrected chi connectivity index (χ1v) is 14.9. The molecule has 1 amide bonds. The molecule has 0 fully saturated rings. The number of esters is 1. The van der Waals surface area contributed by atoms with Crippen molar-refractivity contribution in [1.29, 1.82) is 0 Å². The maximum Gasteiger partial charge on any atom is 0.602 e. The van der Waals surface area contributed by atoms with E-state index in [-0.39, 0.29) is 11.9 Å². The Hall–Kier alpha value is -1.20. The number of hydrogen-bond donors (Lipinski definition) is 1. The zero-order chi connectivity index (χ0) is 28.6. The third-order valence-electron chi connectivity index (χ3n) is 3.90. The van der Waals surface area contributed by atoms with Crippen LogP contribution in [0.3, 0.4) is 0 Å². The van der Waals surface area contributed by atoms with Crippen molar-refractivity contribution in [3.8, 4) is 0 Å². The number of alkyl carbamates (subject to hydrolysis) is 1. The van der Waals surface area contributed by atoms with Crippen LogP contribution < -0.4 is 5.32 Å². The van der Waals surface area contributed by atoms with E-state index in [0.717, 1.165) is 18.3 Å². The third kappa shape index (κ3) is 17.8. The summed E-state index contributed by atoms with van der Waals surface area (Å²) < 4.78 is 17.1. The smallest absolute Gasteiger partial charge is 0.469 e. The van der Waals surface area contributed by atoms with Crippen molar-refractivity contribution in [2.24, 2.45) is 5.92 Å². The van der Waals surface area contributed by atoms with Crippen LogP contribution >= 0.6 is 77.0 Å². The molecule has 2 aromatic rings. The van der Waals surface area contributed by atoms with Crippen molar-refractivity contribution in [3.63, 3.8) is 0 Å². The van der Waals surface area contributed by atoms with Gasteiger partial charge in [-0.2, -0.15) is 0 Å². The number of hydrogen-bond acceptors (Lipinski definition) is 7. The van der Waals surface area contributed by atoms with Crippen molar-refractivity contribution in [2.45, 2.75) is 45.8 Å². The molecular formula is C24H30Br2I2N3O6+. The maximum atomic E-state index is 11.3. The second-order valence-electron chi connectivity index (χ2n) is 8.23. The Labute approximate surface area is 261 Å². The molecule has 0 aliphatic heterocycles. The molecule has 0 saturated carbocycles. The van der Waals surface area contributed by atoms with Gasteiger partial charge in [0, 0.05) is 21.3 Å². The van der Waals surface area contributed by atoms with E-state index < -0.39 is 23.7 Å². The molecule has 0 saturated heterocycles. The third-order valence-corrected chi connectivity index (χ3v) is 6.35. The quantitative estimate of drug-likeness (QED) is 0.127. The molecule has 2 atom stereocenters. The predicted molar refractivity (Wildman–Crippen MR) is 166 cm³/mol. The van der Waals surface area contributed by atoms with Gasteiger partial charge in [0.15, 0.2) is 6.79 Å². The van der Waals surface area contributed by atoms with Crippen molar-refractivity contribution in [2.75, 3.05) is 11.5 Å². The summed E-state index contributed by atoms with van der Waals surface area (Å²) in [4.78, 5) is 41.6. The maximum absolute atomic E-state index is 11.3. The number of nitrogens with zero attached hydrogens (tertiary/aromatic N) is 2. The number of methoxy groups -OCH3 is 1. The summed E-state index contributed by atoms with van der Waals surface area (Å²) in [5.74, 6) is -0.897. The lowest BCUT2D eigenvalue weighted by Crippen LogP contribution is -2.44. The normalized spacial score (nSPS) is 11.8. The highest BCUT2D eigenvalue weighted by atomic mass is 127. The van der Waals surface area contributed by atoms with Gasteiger partial charge >= 0.3 is 18.0 Å². The number of nitrogens with one attached hydrogen (secondary N) is 1. The predicted octanol–water partition coefficient (Wildman–Crippen LogP) is 5.85. The molecular weight excluding hydrogens is 840 g/mol. The molecule has 2 rings (SSSR count). The number of halogens is 4. The van der Waals surface area contributed by atoms with E-state index in [1.807, 2.05) is 53.8 Å². The Morgan fingerprint density at radius 2 is 1.78 bits per heavy atom. The average Bonchev–Trinajstić information content (AvgIpc) is 2.84. The lowest BCUT2D eigenvalue weighted by molar-refractivity contribution is -0.370. The molecule has 0 unspecified atom stereocenters. The number of carbonyl (C=O) groups excluding carboxylic acids is 4. The highest BCUT2D eigenvalue weighted by Crippen LogP contribution is 2.12. The van der Waals surface area contributed by atoms with Crippen molar-refractivity contribution in [1.82, 2.24) is 15.3 Å². The topological polar surface area (TPSA) is 119 Å². The van der Waals surface area contributed by atoms with Crippen LogP contribution in [0.4, 0.5) is 4.79 Å². The van der Waals surface area contributed by atoms with E-state index in [9.17, 15) is 14.4 Å². The highest BCUT2D eigenvalue weighted by Gasteiger charge is 2.31. The van der Waals surface area contributed by atoms with Crippen LogP contribution in [-0.2, 0) is 29.9 Å². The van der Waals surface area contributed by atoms with Crippen LogP contribution in [-0.4, -0.2) is 58.0 Å². The molecule has 0 radical (unpaired) electrons. The zero-order valence-electron chi connectivity index (χ0n) is 21.1. The Kier molecular flexibility index (Phi) is 18.3. The number of ether oxygens (including phenoxy) is 2. The molecule has 204 valence electrons. The lowest BCUT2D eigenvalue weighted by Gasteiger charge is -2.20. The van der Waals surface area contributed by atoms with Gasteiger partial charge in [-0.3, -0.25) is 9.22 Å². The fourth-order valence-electron chi connectivity index (χ4n) is 2.23. The van der Waals surface area contributed by atoms with Gasteiger partial charge in [-0.15, -0.1) is 0 Å². The Balaban J connectivity index is 0.000000548. The Morgan fingerprint density at radius 3 is 2.19 bits per heavy atom. The second kappa shape index (κ2) is 19.0. The Bertz CT molecular complexity index is 982. The molecule has 37 heavy (non-hydrogen) atoms. The highest BCUT2D eigenvalue weighted by molar-refractivity contribution is 14.1. The van der Waals surface area contributed by atoms with Gasteiger partial charge in [0.2, 0.25) is 6.04 Å². The molecule has 13 heteroatoms. The molecule has 0 spiro atoms. The summed E-state index contributed by atoms with van der Waals surface area (Å²) in [5, 5.41) is 2.39. The monoisotopic (exact) mass is 868 g/mol. The minimum absolute atomic E-state index is 0.122. The van der Waals surface area contributed by atoms with E-state index in [0.29, 0.717) is 10.8 Å². The first-order chi connectivity index (χ1) is 17.2. The van der Waals surface area contributed by atoms with Crippen LogP contribution in [0.25, 0.3) is 0 Å². The van der Waals surface area contributed by atoms with Gasteiger partial charge in [0.05, 0.1) is 17.8 Å². The van der Waals surface area contributed by atoms with Crippen LogP contribution in [0, 0.1) is 9.62 Å². The summed E-state index contributed by atoms with van der Waals surface area (Å²) in [7, 11) is 1.40. The Morgan fingerprint density at radius 1 is 1.14 bits per heavy atom. The molecule has 2 aromatic heterocycles. The lowest BCUT2D eigenvalue weighted by atomic mass is 10.0. The molecule has 0 aromatic carbocycles. The van der Waals surface area contributed by atoms with Gasteiger partial charge in [-0.1, -0.05) is 35.6 Å². The van der Waals surface area contributed by atoms with Crippen LogP contribution in [0.2, 0.25) is 0 Å². The van der Waals surface area contributed by atoms with Gasteiger partial charge in [0.1, 0.15) is 13.9 Å². The van der Waals surface area contributed by atoms with Crippen molar-refractivity contribution >= 4 is 102 Å². The standard InChI is InChI=1S/C10H12BrNO2.C9H14INO4.C5H3BrIN/c1-7(10(13)14-2)5-8-3-4-9(11)12-6-8;1-9(2,3)15-8(13)11-6(5-10)7(12)14-4;6-4-1-2-5(7)8-3-4/h3-4,6-7H,5H2,1-2H3;6H,4-5H2,1-3H3;1-3H/p+1/t7-;6-;/m00./s1.